The van der Waals surface area contributed by atoms with Gasteiger partial charge in [0.2, 0.25) is 0 Å². The van der Waals surface area contributed by atoms with Crippen LogP contribution in [0.4, 0.5) is 5.82 Å². The molecule has 1 aromatic heterocycles. The van der Waals surface area contributed by atoms with E-state index in [2.05, 4.69) is 42.0 Å². The minimum atomic E-state index is -0.0137. The molecule has 1 aromatic rings. The van der Waals surface area contributed by atoms with Crippen molar-refractivity contribution in [3.63, 3.8) is 0 Å². The summed E-state index contributed by atoms with van der Waals surface area (Å²) in [5.41, 5.74) is 0.585. The summed E-state index contributed by atoms with van der Waals surface area (Å²) in [7, 11) is 0. The highest BCUT2D eigenvalue weighted by molar-refractivity contribution is 5.41. The van der Waals surface area contributed by atoms with E-state index in [1.54, 1.807) is 6.07 Å². The quantitative estimate of drug-likeness (QED) is 0.660. The topological polar surface area (TPSA) is 37.8 Å². The van der Waals surface area contributed by atoms with E-state index in [-0.39, 0.29) is 5.54 Å². The van der Waals surface area contributed by atoms with E-state index >= 15 is 0 Å². The Bertz CT molecular complexity index is 331. The summed E-state index contributed by atoms with van der Waals surface area (Å²) >= 11 is 0. The lowest BCUT2D eigenvalue weighted by molar-refractivity contribution is 0.630. The van der Waals surface area contributed by atoms with Crippen molar-refractivity contribution in [2.75, 3.05) is 5.32 Å². The molecule has 0 fully saturated rings. The molecule has 0 unspecified atom stereocenters. The van der Waals surface area contributed by atoms with E-state index < -0.39 is 0 Å². The lowest BCUT2D eigenvalue weighted by atomic mass is 10.1. The SMILES string of the molecule is C#Cc1cc(NC(C)(C)C)ncn1. The Kier molecular flexibility index (Phi) is 2.52. The fourth-order valence-electron chi connectivity index (χ4n) is 0.889. The van der Waals surface area contributed by atoms with Gasteiger partial charge in [-0.1, -0.05) is 5.92 Å². The largest absolute Gasteiger partial charge is 0.365 e. The molecular weight excluding hydrogens is 162 g/mol. The van der Waals surface area contributed by atoms with Gasteiger partial charge in [-0.2, -0.15) is 0 Å². The molecule has 0 aliphatic rings. The van der Waals surface area contributed by atoms with Gasteiger partial charge in [0.1, 0.15) is 17.8 Å². The van der Waals surface area contributed by atoms with Crippen molar-refractivity contribution in [1.29, 1.82) is 0 Å². The minimum absolute atomic E-state index is 0.0137. The molecular formula is C10H13N3. The number of nitrogens with one attached hydrogen (secondary N) is 1. The van der Waals surface area contributed by atoms with E-state index in [4.69, 9.17) is 6.42 Å². The Morgan fingerprint density at radius 2 is 2.08 bits per heavy atom. The Morgan fingerprint density at radius 1 is 1.38 bits per heavy atom. The van der Waals surface area contributed by atoms with Gasteiger partial charge in [-0.05, 0) is 20.8 Å². The second-order valence-electron chi connectivity index (χ2n) is 3.81. The fourth-order valence-corrected chi connectivity index (χ4v) is 0.889. The zero-order valence-electron chi connectivity index (χ0n) is 8.13. The Labute approximate surface area is 78.6 Å². The third kappa shape index (κ3) is 3.12. The summed E-state index contributed by atoms with van der Waals surface area (Å²) in [6.07, 6.45) is 6.68. The van der Waals surface area contributed by atoms with Crippen LogP contribution in [0.15, 0.2) is 12.4 Å². The molecule has 1 N–H and O–H groups in total. The van der Waals surface area contributed by atoms with Crippen LogP contribution in [0.3, 0.4) is 0 Å². The lowest BCUT2D eigenvalue weighted by Crippen LogP contribution is -2.26. The first-order valence-electron chi connectivity index (χ1n) is 4.08. The van der Waals surface area contributed by atoms with E-state index in [0.717, 1.165) is 5.82 Å². The van der Waals surface area contributed by atoms with Crippen molar-refractivity contribution in [2.24, 2.45) is 0 Å². The van der Waals surface area contributed by atoms with Gasteiger partial charge in [-0.15, -0.1) is 6.42 Å². The van der Waals surface area contributed by atoms with Crippen LogP contribution in [0.2, 0.25) is 0 Å². The average Bonchev–Trinajstić information content (AvgIpc) is 2.01. The molecule has 0 spiro atoms. The number of hydrogen-bond donors (Lipinski definition) is 1. The molecule has 0 amide bonds. The van der Waals surface area contributed by atoms with Crippen LogP contribution in [0.1, 0.15) is 26.5 Å². The van der Waals surface area contributed by atoms with Crippen molar-refractivity contribution in [3.05, 3.63) is 18.1 Å². The van der Waals surface area contributed by atoms with E-state index in [1.807, 2.05) is 0 Å². The van der Waals surface area contributed by atoms with Crippen molar-refractivity contribution in [3.8, 4) is 12.3 Å². The van der Waals surface area contributed by atoms with Gasteiger partial charge in [-0.3, -0.25) is 0 Å². The van der Waals surface area contributed by atoms with Crippen LogP contribution in [0.5, 0.6) is 0 Å². The van der Waals surface area contributed by atoms with Gasteiger partial charge in [0.15, 0.2) is 0 Å². The number of terminal acetylenes is 1. The number of nitrogens with zero attached hydrogens (tertiary/aromatic N) is 2. The summed E-state index contributed by atoms with van der Waals surface area (Å²) in [5.74, 6) is 3.22. The van der Waals surface area contributed by atoms with Crippen LogP contribution >= 0.6 is 0 Å². The molecule has 3 nitrogen and oxygen atoms in total. The summed E-state index contributed by atoms with van der Waals surface area (Å²) < 4.78 is 0. The summed E-state index contributed by atoms with van der Waals surface area (Å²) in [4.78, 5) is 7.96. The fraction of sp³-hybridized carbons (Fsp3) is 0.400. The van der Waals surface area contributed by atoms with Crippen LogP contribution in [0.25, 0.3) is 0 Å². The maximum atomic E-state index is 5.21. The molecule has 0 saturated carbocycles. The van der Waals surface area contributed by atoms with Crippen LogP contribution in [-0.2, 0) is 0 Å². The highest BCUT2D eigenvalue weighted by atomic mass is 15.1. The normalized spacial score (nSPS) is 10.6. The molecule has 68 valence electrons. The van der Waals surface area contributed by atoms with Crippen LogP contribution in [-0.4, -0.2) is 15.5 Å². The maximum absolute atomic E-state index is 5.21. The molecule has 1 heterocycles. The molecule has 3 heteroatoms. The number of anilines is 1. The second-order valence-corrected chi connectivity index (χ2v) is 3.81. The molecule has 0 bridgehead atoms. The highest BCUT2D eigenvalue weighted by Crippen LogP contribution is 2.11. The van der Waals surface area contributed by atoms with Crippen molar-refractivity contribution in [1.82, 2.24) is 9.97 Å². The van der Waals surface area contributed by atoms with E-state index in [0.29, 0.717) is 5.69 Å². The molecule has 0 radical (unpaired) electrons. The first-order chi connectivity index (χ1) is 6.01. The average molecular weight is 175 g/mol. The number of hydrogen-bond acceptors (Lipinski definition) is 3. The first kappa shape index (κ1) is 9.53. The summed E-state index contributed by atoms with van der Waals surface area (Å²) in [6, 6.07) is 1.76. The van der Waals surface area contributed by atoms with Gasteiger partial charge < -0.3 is 5.32 Å². The zero-order valence-corrected chi connectivity index (χ0v) is 8.13. The first-order valence-corrected chi connectivity index (χ1v) is 4.08. The van der Waals surface area contributed by atoms with Gasteiger partial charge in [0.05, 0.1) is 0 Å². The molecule has 13 heavy (non-hydrogen) atoms. The Hall–Kier alpha value is -1.56. The Balaban J connectivity index is 2.86. The van der Waals surface area contributed by atoms with Crippen LogP contribution < -0.4 is 5.32 Å². The predicted octanol–water partition coefficient (Wildman–Crippen LogP) is 1.67. The number of aromatic nitrogens is 2. The van der Waals surface area contributed by atoms with Crippen LogP contribution in [0, 0.1) is 12.3 Å². The van der Waals surface area contributed by atoms with Crippen molar-refractivity contribution < 1.29 is 0 Å². The van der Waals surface area contributed by atoms with Crippen molar-refractivity contribution in [2.45, 2.75) is 26.3 Å². The molecule has 0 saturated heterocycles. The lowest BCUT2D eigenvalue weighted by Gasteiger charge is -2.20. The molecule has 0 aromatic carbocycles. The molecule has 0 aliphatic heterocycles. The zero-order chi connectivity index (χ0) is 9.90. The van der Waals surface area contributed by atoms with E-state index in [9.17, 15) is 0 Å². The van der Waals surface area contributed by atoms with Gasteiger partial charge in [0.25, 0.3) is 0 Å². The van der Waals surface area contributed by atoms with Crippen molar-refractivity contribution >= 4 is 5.82 Å². The third-order valence-corrected chi connectivity index (χ3v) is 1.32. The molecule has 1 rings (SSSR count). The summed E-state index contributed by atoms with van der Waals surface area (Å²) in [6.45, 7) is 6.18. The third-order valence-electron chi connectivity index (χ3n) is 1.32. The maximum Gasteiger partial charge on any atom is 0.131 e. The van der Waals surface area contributed by atoms with Gasteiger partial charge in [-0.25, -0.2) is 9.97 Å². The molecule has 0 aliphatic carbocycles. The monoisotopic (exact) mass is 175 g/mol. The summed E-state index contributed by atoms with van der Waals surface area (Å²) in [5, 5.41) is 3.21. The van der Waals surface area contributed by atoms with Gasteiger partial charge in [0, 0.05) is 11.6 Å². The van der Waals surface area contributed by atoms with Gasteiger partial charge >= 0.3 is 0 Å². The number of rotatable bonds is 1. The predicted molar refractivity (Wildman–Crippen MR) is 53.3 cm³/mol. The highest BCUT2D eigenvalue weighted by Gasteiger charge is 2.09. The molecule has 0 atom stereocenters. The van der Waals surface area contributed by atoms with E-state index in [1.165, 1.54) is 6.33 Å². The standard InChI is InChI=1S/C10H13N3/c1-5-8-6-9(12-7-11-8)13-10(2,3)4/h1,6-7H,2-4H3,(H,11,12,13). The Morgan fingerprint density at radius 3 is 2.62 bits per heavy atom. The second kappa shape index (κ2) is 3.44. The minimum Gasteiger partial charge on any atom is -0.365 e. The smallest absolute Gasteiger partial charge is 0.131 e.